The van der Waals surface area contributed by atoms with Crippen LogP contribution in [0.15, 0.2) is 24.3 Å². The van der Waals surface area contributed by atoms with E-state index in [1.165, 1.54) is 5.56 Å². The second-order valence-electron chi connectivity index (χ2n) is 6.17. The molecular weight excluding hydrogens is 292 g/mol. The highest BCUT2D eigenvalue weighted by atomic mass is 16.5. The van der Waals surface area contributed by atoms with Crippen molar-refractivity contribution in [1.82, 2.24) is 4.90 Å². The summed E-state index contributed by atoms with van der Waals surface area (Å²) in [5.41, 5.74) is 6.92. The molecule has 1 saturated heterocycles. The Hall–Kier alpha value is -1.59. The Bertz CT molecular complexity index is 478. The molecule has 5 heteroatoms. The van der Waals surface area contributed by atoms with Crippen LogP contribution in [0.25, 0.3) is 0 Å². The Balaban J connectivity index is 1.77. The van der Waals surface area contributed by atoms with Gasteiger partial charge in [-0.2, -0.15) is 0 Å². The molecule has 2 N–H and O–H groups in total. The van der Waals surface area contributed by atoms with Crippen LogP contribution in [0.1, 0.15) is 24.8 Å². The Morgan fingerprint density at radius 3 is 2.43 bits per heavy atom. The van der Waals surface area contributed by atoms with Crippen molar-refractivity contribution in [2.24, 2.45) is 11.7 Å². The summed E-state index contributed by atoms with van der Waals surface area (Å²) in [5.74, 6) is 1.69. The van der Waals surface area contributed by atoms with E-state index < -0.39 is 0 Å². The van der Waals surface area contributed by atoms with Crippen LogP contribution in [0.2, 0.25) is 0 Å². The Kier molecular flexibility index (Phi) is 6.86. The van der Waals surface area contributed by atoms with Gasteiger partial charge in [-0.15, -0.1) is 0 Å². The lowest BCUT2D eigenvalue weighted by molar-refractivity contribution is -0.135. The molecule has 1 aromatic rings. The van der Waals surface area contributed by atoms with E-state index in [1.807, 2.05) is 17.0 Å². The molecule has 1 aromatic carbocycles. The third kappa shape index (κ3) is 5.22. The number of benzene rings is 1. The number of nitrogens with two attached hydrogens (primary N) is 1. The van der Waals surface area contributed by atoms with Crippen molar-refractivity contribution in [3.8, 4) is 5.75 Å². The summed E-state index contributed by atoms with van der Waals surface area (Å²) in [5, 5.41) is 0. The van der Waals surface area contributed by atoms with Gasteiger partial charge in [0.05, 0.1) is 19.6 Å². The highest BCUT2D eigenvalue weighted by Crippen LogP contribution is 2.23. The number of carbonyl (C=O) groups excluding carboxylic acids is 1. The maximum atomic E-state index is 12.2. The first-order chi connectivity index (χ1) is 11.2. The number of piperidine rings is 1. The molecule has 5 nitrogen and oxygen atoms in total. The van der Waals surface area contributed by atoms with Crippen LogP contribution in [0, 0.1) is 5.92 Å². The van der Waals surface area contributed by atoms with E-state index in [-0.39, 0.29) is 12.0 Å². The number of amides is 1. The summed E-state index contributed by atoms with van der Waals surface area (Å²) in [6.45, 7) is 2.05. The van der Waals surface area contributed by atoms with E-state index in [4.69, 9.17) is 15.2 Å². The van der Waals surface area contributed by atoms with Gasteiger partial charge in [0.25, 0.3) is 0 Å². The molecule has 0 radical (unpaired) electrons. The van der Waals surface area contributed by atoms with E-state index in [1.54, 1.807) is 14.2 Å². The summed E-state index contributed by atoms with van der Waals surface area (Å²) in [6, 6.07) is 8.26. The van der Waals surface area contributed by atoms with Crippen molar-refractivity contribution < 1.29 is 14.3 Å². The standard InChI is InChI=1S/C18H28N2O3/c1-22-16-5-3-14(4-6-16)11-15-7-9-20(10-8-15)18(21)12-17(13-19)23-2/h3-6,15,17H,7-13,19H2,1-2H3. The Morgan fingerprint density at radius 2 is 1.91 bits per heavy atom. The Morgan fingerprint density at radius 1 is 1.26 bits per heavy atom. The van der Waals surface area contributed by atoms with Gasteiger partial charge < -0.3 is 20.1 Å². The minimum atomic E-state index is -0.167. The van der Waals surface area contributed by atoms with E-state index in [0.29, 0.717) is 18.9 Å². The number of hydrogen-bond acceptors (Lipinski definition) is 4. The quantitative estimate of drug-likeness (QED) is 0.832. The molecular formula is C18H28N2O3. The molecule has 1 heterocycles. The van der Waals surface area contributed by atoms with Gasteiger partial charge in [0.2, 0.25) is 5.91 Å². The zero-order valence-electron chi connectivity index (χ0n) is 14.2. The van der Waals surface area contributed by atoms with Gasteiger partial charge in [-0.05, 0) is 42.9 Å². The molecule has 1 atom stereocenters. The summed E-state index contributed by atoms with van der Waals surface area (Å²) in [7, 11) is 3.28. The summed E-state index contributed by atoms with van der Waals surface area (Å²) >= 11 is 0. The molecule has 0 bridgehead atoms. The van der Waals surface area contributed by atoms with Gasteiger partial charge in [-0.3, -0.25) is 4.79 Å². The van der Waals surface area contributed by atoms with Crippen molar-refractivity contribution in [1.29, 1.82) is 0 Å². The van der Waals surface area contributed by atoms with Gasteiger partial charge in [0, 0.05) is 26.7 Å². The molecule has 1 unspecified atom stereocenters. The predicted molar refractivity (Wildman–Crippen MR) is 90.5 cm³/mol. The number of ether oxygens (including phenoxy) is 2. The molecule has 0 spiro atoms. The number of hydrogen-bond donors (Lipinski definition) is 1. The summed E-state index contributed by atoms with van der Waals surface area (Å²) in [4.78, 5) is 14.2. The third-order valence-corrected chi connectivity index (χ3v) is 4.65. The first kappa shape index (κ1) is 17.8. The number of rotatable bonds is 7. The van der Waals surface area contributed by atoms with E-state index in [0.717, 1.165) is 38.1 Å². The second-order valence-corrected chi connectivity index (χ2v) is 6.17. The lowest BCUT2D eigenvalue weighted by Crippen LogP contribution is -2.41. The second kappa shape index (κ2) is 8.89. The Labute approximate surface area is 138 Å². The topological polar surface area (TPSA) is 64.8 Å². The lowest BCUT2D eigenvalue weighted by Gasteiger charge is -2.33. The molecule has 1 aliphatic heterocycles. The number of likely N-dealkylation sites (tertiary alicyclic amines) is 1. The van der Waals surface area contributed by atoms with Crippen molar-refractivity contribution >= 4 is 5.91 Å². The molecule has 23 heavy (non-hydrogen) atoms. The number of methoxy groups -OCH3 is 2. The van der Waals surface area contributed by atoms with Gasteiger partial charge >= 0.3 is 0 Å². The SMILES string of the molecule is COc1ccc(CC2CCN(C(=O)CC(CN)OC)CC2)cc1. The fourth-order valence-electron chi connectivity index (χ4n) is 3.07. The van der Waals surface area contributed by atoms with Crippen LogP contribution < -0.4 is 10.5 Å². The van der Waals surface area contributed by atoms with Crippen LogP contribution in [-0.2, 0) is 16.0 Å². The zero-order chi connectivity index (χ0) is 16.7. The maximum Gasteiger partial charge on any atom is 0.225 e. The lowest BCUT2D eigenvalue weighted by atomic mass is 9.90. The zero-order valence-corrected chi connectivity index (χ0v) is 14.2. The highest BCUT2D eigenvalue weighted by Gasteiger charge is 2.24. The molecule has 2 rings (SSSR count). The molecule has 0 aliphatic carbocycles. The van der Waals surface area contributed by atoms with Crippen LogP contribution in [0.3, 0.4) is 0 Å². The number of carbonyl (C=O) groups is 1. The van der Waals surface area contributed by atoms with Crippen LogP contribution in [0.4, 0.5) is 0 Å². The maximum absolute atomic E-state index is 12.2. The van der Waals surface area contributed by atoms with E-state index in [9.17, 15) is 4.79 Å². The fourth-order valence-corrected chi connectivity index (χ4v) is 3.07. The predicted octanol–water partition coefficient (Wildman–Crippen LogP) is 1.84. The largest absolute Gasteiger partial charge is 0.497 e. The molecule has 0 aromatic heterocycles. The smallest absolute Gasteiger partial charge is 0.225 e. The monoisotopic (exact) mass is 320 g/mol. The van der Waals surface area contributed by atoms with Gasteiger partial charge in [-0.1, -0.05) is 12.1 Å². The highest BCUT2D eigenvalue weighted by molar-refractivity contribution is 5.76. The molecule has 1 amide bonds. The van der Waals surface area contributed by atoms with Crippen LogP contribution in [-0.4, -0.2) is 50.8 Å². The molecule has 1 aliphatic rings. The minimum Gasteiger partial charge on any atom is -0.497 e. The van der Waals surface area contributed by atoms with Gasteiger partial charge in [-0.25, -0.2) is 0 Å². The molecule has 0 saturated carbocycles. The van der Waals surface area contributed by atoms with E-state index >= 15 is 0 Å². The number of nitrogens with zero attached hydrogens (tertiary/aromatic N) is 1. The minimum absolute atomic E-state index is 0.158. The third-order valence-electron chi connectivity index (χ3n) is 4.65. The fraction of sp³-hybridized carbons (Fsp3) is 0.611. The van der Waals surface area contributed by atoms with Gasteiger partial charge in [0.1, 0.15) is 5.75 Å². The van der Waals surface area contributed by atoms with Crippen molar-refractivity contribution in [2.45, 2.75) is 31.8 Å². The van der Waals surface area contributed by atoms with Gasteiger partial charge in [0.15, 0.2) is 0 Å². The average Bonchev–Trinajstić information content (AvgIpc) is 2.60. The first-order valence-corrected chi connectivity index (χ1v) is 8.29. The summed E-state index contributed by atoms with van der Waals surface area (Å²) < 4.78 is 10.4. The van der Waals surface area contributed by atoms with Crippen LogP contribution in [0.5, 0.6) is 5.75 Å². The van der Waals surface area contributed by atoms with E-state index in [2.05, 4.69) is 12.1 Å². The average molecular weight is 320 g/mol. The first-order valence-electron chi connectivity index (χ1n) is 8.29. The van der Waals surface area contributed by atoms with Crippen molar-refractivity contribution in [3.63, 3.8) is 0 Å². The molecule has 128 valence electrons. The normalized spacial score (nSPS) is 17.1. The van der Waals surface area contributed by atoms with Crippen molar-refractivity contribution in [3.05, 3.63) is 29.8 Å². The summed E-state index contributed by atoms with van der Waals surface area (Å²) in [6.07, 6.45) is 3.39. The van der Waals surface area contributed by atoms with Crippen molar-refractivity contribution in [2.75, 3.05) is 33.9 Å². The van der Waals surface area contributed by atoms with Crippen LogP contribution >= 0.6 is 0 Å². The molecule has 1 fully saturated rings.